The Bertz CT molecular complexity index is 229. The van der Waals surface area contributed by atoms with E-state index in [-0.39, 0.29) is 0 Å². The molecule has 0 atom stereocenters. The minimum Gasteiger partial charge on any atom is -0.324 e. The van der Waals surface area contributed by atoms with Crippen LogP contribution >= 0.6 is 0 Å². The van der Waals surface area contributed by atoms with E-state index in [0.29, 0.717) is 12.5 Å². The van der Waals surface area contributed by atoms with Crippen LogP contribution in [0.2, 0.25) is 0 Å². The van der Waals surface area contributed by atoms with E-state index in [1.807, 2.05) is 4.68 Å². The SMILES string of the molecule is CC(C)CCn1cnc(CN)n1. The average Bonchev–Trinajstić information content (AvgIpc) is 2.48. The third-order valence-corrected chi connectivity index (χ3v) is 1.70. The van der Waals surface area contributed by atoms with Crippen molar-refractivity contribution in [3.05, 3.63) is 12.2 Å². The van der Waals surface area contributed by atoms with Crippen molar-refractivity contribution >= 4 is 0 Å². The average molecular weight is 168 g/mol. The zero-order chi connectivity index (χ0) is 8.97. The summed E-state index contributed by atoms with van der Waals surface area (Å²) in [5.74, 6) is 1.43. The van der Waals surface area contributed by atoms with Crippen LogP contribution in [0.5, 0.6) is 0 Å². The minimum atomic E-state index is 0.425. The molecule has 0 unspecified atom stereocenters. The molecule has 0 amide bonds. The summed E-state index contributed by atoms with van der Waals surface area (Å²) in [6, 6.07) is 0. The summed E-state index contributed by atoms with van der Waals surface area (Å²) in [4.78, 5) is 4.04. The first-order valence-corrected chi connectivity index (χ1v) is 4.30. The number of rotatable bonds is 4. The zero-order valence-electron chi connectivity index (χ0n) is 7.70. The molecule has 4 nitrogen and oxygen atoms in total. The fourth-order valence-corrected chi connectivity index (χ4v) is 0.925. The maximum atomic E-state index is 5.38. The van der Waals surface area contributed by atoms with Crippen LogP contribution in [0.1, 0.15) is 26.1 Å². The van der Waals surface area contributed by atoms with E-state index >= 15 is 0 Å². The Morgan fingerprint density at radius 1 is 1.58 bits per heavy atom. The molecular formula is C8H16N4. The highest BCUT2D eigenvalue weighted by Gasteiger charge is 1.99. The smallest absolute Gasteiger partial charge is 0.164 e. The molecule has 12 heavy (non-hydrogen) atoms. The molecule has 4 heteroatoms. The molecular weight excluding hydrogens is 152 g/mol. The van der Waals surface area contributed by atoms with Crippen molar-refractivity contribution in [1.82, 2.24) is 14.8 Å². The third kappa shape index (κ3) is 2.62. The highest BCUT2D eigenvalue weighted by atomic mass is 15.3. The Kier molecular flexibility index (Phi) is 3.22. The highest BCUT2D eigenvalue weighted by molar-refractivity contribution is 4.78. The Balaban J connectivity index is 2.41. The van der Waals surface area contributed by atoms with Gasteiger partial charge in [0.1, 0.15) is 6.33 Å². The van der Waals surface area contributed by atoms with E-state index in [0.717, 1.165) is 18.8 Å². The fraction of sp³-hybridized carbons (Fsp3) is 0.750. The van der Waals surface area contributed by atoms with Crippen LogP contribution in [0.25, 0.3) is 0 Å². The summed E-state index contributed by atoms with van der Waals surface area (Å²) in [6.07, 6.45) is 2.87. The van der Waals surface area contributed by atoms with Gasteiger partial charge < -0.3 is 5.73 Å². The van der Waals surface area contributed by atoms with Gasteiger partial charge in [-0.2, -0.15) is 5.10 Å². The van der Waals surface area contributed by atoms with Crippen molar-refractivity contribution in [2.45, 2.75) is 33.4 Å². The van der Waals surface area contributed by atoms with Crippen molar-refractivity contribution in [2.24, 2.45) is 11.7 Å². The van der Waals surface area contributed by atoms with Crippen molar-refractivity contribution < 1.29 is 0 Å². The number of nitrogens with two attached hydrogens (primary N) is 1. The summed E-state index contributed by atoms with van der Waals surface area (Å²) < 4.78 is 1.85. The Hall–Kier alpha value is -0.900. The van der Waals surface area contributed by atoms with Gasteiger partial charge >= 0.3 is 0 Å². The predicted molar refractivity (Wildman–Crippen MR) is 47.4 cm³/mol. The van der Waals surface area contributed by atoms with E-state index < -0.39 is 0 Å². The molecule has 0 aliphatic rings. The molecule has 0 bridgehead atoms. The van der Waals surface area contributed by atoms with Crippen LogP contribution in [0, 0.1) is 5.92 Å². The van der Waals surface area contributed by atoms with E-state index in [1.165, 1.54) is 0 Å². The topological polar surface area (TPSA) is 56.7 Å². The molecule has 1 rings (SSSR count). The van der Waals surface area contributed by atoms with Crippen molar-refractivity contribution in [3.8, 4) is 0 Å². The molecule has 2 N–H and O–H groups in total. The first kappa shape index (κ1) is 9.19. The van der Waals surface area contributed by atoms with E-state index in [1.54, 1.807) is 6.33 Å². The number of aryl methyl sites for hydroxylation is 1. The van der Waals surface area contributed by atoms with E-state index in [2.05, 4.69) is 23.9 Å². The summed E-state index contributed by atoms with van der Waals surface area (Å²) >= 11 is 0. The van der Waals surface area contributed by atoms with E-state index in [4.69, 9.17) is 5.73 Å². The molecule has 1 aromatic heterocycles. The molecule has 0 saturated carbocycles. The fourth-order valence-electron chi connectivity index (χ4n) is 0.925. The second-order valence-electron chi connectivity index (χ2n) is 3.31. The maximum absolute atomic E-state index is 5.38. The first-order chi connectivity index (χ1) is 5.72. The van der Waals surface area contributed by atoms with Crippen LogP contribution in [0.15, 0.2) is 6.33 Å². The van der Waals surface area contributed by atoms with Gasteiger partial charge in [-0.3, -0.25) is 4.68 Å². The molecule has 0 radical (unpaired) electrons. The minimum absolute atomic E-state index is 0.425. The normalized spacial score (nSPS) is 11.0. The van der Waals surface area contributed by atoms with Gasteiger partial charge in [0, 0.05) is 6.54 Å². The number of aromatic nitrogens is 3. The van der Waals surface area contributed by atoms with Gasteiger partial charge in [0.15, 0.2) is 5.82 Å². The lowest BCUT2D eigenvalue weighted by atomic mass is 10.1. The van der Waals surface area contributed by atoms with Crippen LogP contribution in [-0.2, 0) is 13.1 Å². The largest absolute Gasteiger partial charge is 0.324 e. The standard InChI is InChI=1S/C8H16N4/c1-7(2)3-4-12-6-10-8(5-9)11-12/h6-7H,3-5,9H2,1-2H3. The Morgan fingerprint density at radius 3 is 2.83 bits per heavy atom. The Labute approximate surface area is 72.8 Å². The summed E-state index contributed by atoms with van der Waals surface area (Å²) in [7, 11) is 0. The van der Waals surface area contributed by atoms with Gasteiger partial charge in [-0.15, -0.1) is 0 Å². The quantitative estimate of drug-likeness (QED) is 0.723. The van der Waals surface area contributed by atoms with E-state index in [9.17, 15) is 0 Å². The third-order valence-electron chi connectivity index (χ3n) is 1.70. The summed E-state index contributed by atoms with van der Waals surface area (Å²) in [5.41, 5.74) is 5.38. The number of hydrogen-bond donors (Lipinski definition) is 1. The molecule has 0 aromatic carbocycles. The number of hydrogen-bond acceptors (Lipinski definition) is 3. The van der Waals surface area contributed by atoms with Crippen LogP contribution < -0.4 is 5.73 Å². The lowest BCUT2D eigenvalue weighted by Gasteiger charge is -2.02. The number of nitrogens with zero attached hydrogens (tertiary/aromatic N) is 3. The highest BCUT2D eigenvalue weighted by Crippen LogP contribution is 2.01. The lowest BCUT2D eigenvalue weighted by Crippen LogP contribution is -2.04. The molecule has 68 valence electrons. The zero-order valence-corrected chi connectivity index (χ0v) is 7.70. The first-order valence-electron chi connectivity index (χ1n) is 4.30. The van der Waals surface area contributed by atoms with Crippen LogP contribution in [-0.4, -0.2) is 14.8 Å². The van der Waals surface area contributed by atoms with Crippen molar-refractivity contribution in [2.75, 3.05) is 0 Å². The van der Waals surface area contributed by atoms with Gasteiger partial charge in [-0.05, 0) is 12.3 Å². The molecule has 0 aliphatic heterocycles. The summed E-state index contributed by atoms with van der Waals surface area (Å²) in [6.45, 7) is 5.75. The van der Waals surface area contributed by atoms with Gasteiger partial charge in [-0.1, -0.05) is 13.8 Å². The molecule has 1 heterocycles. The molecule has 0 aliphatic carbocycles. The van der Waals surface area contributed by atoms with Crippen molar-refractivity contribution in [1.29, 1.82) is 0 Å². The lowest BCUT2D eigenvalue weighted by molar-refractivity contribution is 0.484. The van der Waals surface area contributed by atoms with Gasteiger partial charge in [0.25, 0.3) is 0 Å². The van der Waals surface area contributed by atoms with Gasteiger partial charge in [0.05, 0.1) is 6.54 Å². The van der Waals surface area contributed by atoms with Crippen LogP contribution in [0.4, 0.5) is 0 Å². The molecule has 0 spiro atoms. The molecule has 0 fully saturated rings. The second kappa shape index (κ2) is 4.21. The summed E-state index contributed by atoms with van der Waals surface area (Å²) in [5, 5.41) is 4.18. The molecule has 0 saturated heterocycles. The maximum Gasteiger partial charge on any atom is 0.164 e. The van der Waals surface area contributed by atoms with Gasteiger partial charge in [0.2, 0.25) is 0 Å². The van der Waals surface area contributed by atoms with Gasteiger partial charge in [-0.25, -0.2) is 4.98 Å². The Morgan fingerprint density at radius 2 is 2.33 bits per heavy atom. The molecule has 1 aromatic rings. The van der Waals surface area contributed by atoms with Crippen LogP contribution in [0.3, 0.4) is 0 Å². The monoisotopic (exact) mass is 168 g/mol. The second-order valence-corrected chi connectivity index (χ2v) is 3.31. The van der Waals surface area contributed by atoms with Crippen molar-refractivity contribution in [3.63, 3.8) is 0 Å². The predicted octanol–water partition coefficient (Wildman–Crippen LogP) is 0.783.